The van der Waals surface area contributed by atoms with Crippen molar-refractivity contribution in [3.63, 3.8) is 0 Å². The first-order valence-electron chi connectivity index (χ1n) is 7.78. The quantitative estimate of drug-likeness (QED) is 0.721. The molecule has 8 nitrogen and oxygen atoms in total. The molecular weight excluding hydrogens is 308 g/mol. The van der Waals surface area contributed by atoms with E-state index in [2.05, 4.69) is 30.0 Å². The first-order chi connectivity index (χ1) is 11.8. The average Bonchev–Trinajstić information content (AvgIpc) is 3.34. The van der Waals surface area contributed by atoms with Crippen LogP contribution in [0.15, 0.2) is 34.9 Å². The molecule has 0 amide bonds. The van der Waals surface area contributed by atoms with Crippen LogP contribution in [0.4, 0.5) is 5.95 Å². The molecule has 24 heavy (non-hydrogen) atoms. The number of benzene rings is 1. The Labute approximate surface area is 138 Å². The number of aromatic nitrogens is 5. The Kier molecular flexibility index (Phi) is 3.78. The van der Waals surface area contributed by atoms with Crippen molar-refractivity contribution < 1.29 is 9.26 Å². The molecule has 0 saturated carbocycles. The highest BCUT2D eigenvalue weighted by atomic mass is 16.5. The van der Waals surface area contributed by atoms with Crippen molar-refractivity contribution in [1.29, 1.82) is 0 Å². The predicted octanol–water partition coefficient (Wildman–Crippen LogP) is 2.20. The Bertz CT molecular complexity index is 830. The van der Waals surface area contributed by atoms with Gasteiger partial charge in [-0.2, -0.15) is 19.9 Å². The third-order valence-electron chi connectivity index (χ3n) is 3.82. The lowest BCUT2D eigenvalue weighted by Gasteiger charge is -2.15. The SMILES string of the molecule is COc1nc(-c2noc(-c3ccccc3)n2)nc(N2CCCC2)n1. The van der Waals surface area contributed by atoms with Crippen LogP contribution in [-0.2, 0) is 0 Å². The molecule has 0 unspecified atom stereocenters. The van der Waals surface area contributed by atoms with Gasteiger partial charge >= 0.3 is 6.01 Å². The third-order valence-corrected chi connectivity index (χ3v) is 3.82. The summed E-state index contributed by atoms with van der Waals surface area (Å²) in [5, 5.41) is 3.99. The number of anilines is 1. The smallest absolute Gasteiger partial charge is 0.321 e. The van der Waals surface area contributed by atoms with E-state index in [0.29, 0.717) is 23.5 Å². The van der Waals surface area contributed by atoms with Gasteiger partial charge in [-0.05, 0) is 25.0 Å². The van der Waals surface area contributed by atoms with Crippen LogP contribution in [0, 0.1) is 0 Å². The molecule has 0 spiro atoms. The van der Waals surface area contributed by atoms with Gasteiger partial charge in [0.25, 0.3) is 5.89 Å². The molecule has 0 radical (unpaired) electrons. The topological polar surface area (TPSA) is 90.1 Å². The number of ether oxygens (including phenoxy) is 1. The summed E-state index contributed by atoms with van der Waals surface area (Å²) >= 11 is 0. The molecule has 1 saturated heterocycles. The lowest BCUT2D eigenvalue weighted by Crippen LogP contribution is -2.21. The van der Waals surface area contributed by atoms with Crippen molar-refractivity contribution in [2.45, 2.75) is 12.8 Å². The molecule has 3 heterocycles. The number of methoxy groups -OCH3 is 1. The predicted molar refractivity (Wildman–Crippen MR) is 86.6 cm³/mol. The van der Waals surface area contributed by atoms with Crippen LogP contribution < -0.4 is 9.64 Å². The fraction of sp³-hybridized carbons (Fsp3) is 0.312. The second-order valence-electron chi connectivity index (χ2n) is 5.43. The summed E-state index contributed by atoms with van der Waals surface area (Å²) in [6, 6.07) is 9.81. The van der Waals surface area contributed by atoms with Gasteiger partial charge in [-0.3, -0.25) is 0 Å². The first-order valence-corrected chi connectivity index (χ1v) is 7.78. The van der Waals surface area contributed by atoms with E-state index in [-0.39, 0.29) is 6.01 Å². The van der Waals surface area contributed by atoms with Gasteiger partial charge in [0, 0.05) is 18.7 Å². The zero-order valence-corrected chi connectivity index (χ0v) is 13.2. The van der Waals surface area contributed by atoms with Crippen molar-refractivity contribution in [2.24, 2.45) is 0 Å². The summed E-state index contributed by atoms with van der Waals surface area (Å²) < 4.78 is 10.5. The zero-order valence-electron chi connectivity index (χ0n) is 13.2. The van der Waals surface area contributed by atoms with Crippen LogP contribution in [-0.4, -0.2) is 45.3 Å². The number of rotatable bonds is 4. The minimum atomic E-state index is 0.243. The van der Waals surface area contributed by atoms with E-state index >= 15 is 0 Å². The maximum absolute atomic E-state index is 5.33. The molecule has 4 rings (SSSR count). The van der Waals surface area contributed by atoms with Crippen molar-refractivity contribution in [1.82, 2.24) is 25.1 Å². The second kappa shape index (κ2) is 6.23. The van der Waals surface area contributed by atoms with Gasteiger partial charge in [0.05, 0.1) is 7.11 Å². The van der Waals surface area contributed by atoms with Gasteiger partial charge in [-0.25, -0.2) is 0 Å². The van der Waals surface area contributed by atoms with E-state index in [1.807, 2.05) is 30.3 Å². The normalized spacial score (nSPS) is 14.1. The highest BCUT2D eigenvalue weighted by molar-refractivity contribution is 5.56. The number of hydrogen-bond donors (Lipinski definition) is 0. The fourth-order valence-electron chi connectivity index (χ4n) is 2.61. The summed E-state index contributed by atoms with van der Waals surface area (Å²) in [6.07, 6.45) is 2.26. The van der Waals surface area contributed by atoms with Gasteiger partial charge in [0.15, 0.2) is 0 Å². The monoisotopic (exact) mass is 324 g/mol. The van der Waals surface area contributed by atoms with E-state index in [4.69, 9.17) is 9.26 Å². The zero-order chi connectivity index (χ0) is 16.4. The molecule has 2 aromatic heterocycles. The van der Waals surface area contributed by atoms with Crippen molar-refractivity contribution in [2.75, 3.05) is 25.1 Å². The Balaban J connectivity index is 1.71. The van der Waals surface area contributed by atoms with Gasteiger partial charge in [0.1, 0.15) is 0 Å². The molecular formula is C16H16N6O2. The second-order valence-corrected chi connectivity index (χ2v) is 5.43. The lowest BCUT2D eigenvalue weighted by atomic mass is 10.2. The summed E-state index contributed by atoms with van der Waals surface area (Å²) in [6.45, 7) is 1.85. The molecule has 1 aliphatic rings. The standard InChI is InChI=1S/C16H16N6O2/c1-23-16-19-12(18-15(20-16)22-9-5-6-10-22)13-17-14(24-21-13)11-7-3-2-4-8-11/h2-4,7-8H,5-6,9-10H2,1H3. The molecule has 1 aliphatic heterocycles. The van der Waals surface area contributed by atoms with Crippen LogP contribution in [0.1, 0.15) is 12.8 Å². The summed E-state index contributed by atoms with van der Waals surface area (Å²) in [4.78, 5) is 19.5. The minimum absolute atomic E-state index is 0.243. The molecule has 122 valence electrons. The van der Waals surface area contributed by atoms with E-state index < -0.39 is 0 Å². The Hall–Kier alpha value is -3.03. The summed E-state index contributed by atoms with van der Waals surface area (Å²) in [5.41, 5.74) is 0.844. The van der Waals surface area contributed by atoms with Crippen LogP contribution >= 0.6 is 0 Å². The molecule has 0 aliphatic carbocycles. The first kappa shape index (κ1) is 14.6. The summed E-state index contributed by atoms with van der Waals surface area (Å²) in [5.74, 6) is 1.66. The van der Waals surface area contributed by atoms with Gasteiger partial charge in [-0.1, -0.05) is 23.4 Å². The Morgan fingerprint density at radius 2 is 1.75 bits per heavy atom. The van der Waals surface area contributed by atoms with Crippen LogP contribution in [0.3, 0.4) is 0 Å². The summed E-state index contributed by atoms with van der Waals surface area (Å²) in [7, 11) is 1.53. The fourth-order valence-corrected chi connectivity index (χ4v) is 2.61. The minimum Gasteiger partial charge on any atom is -0.467 e. The average molecular weight is 324 g/mol. The number of hydrogen-bond acceptors (Lipinski definition) is 8. The molecule has 0 N–H and O–H groups in total. The molecule has 1 fully saturated rings. The van der Waals surface area contributed by atoms with Crippen LogP contribution in [0.5, 0.6) is 6.01 Å². The van der Waals surface area contributed by atoms with Gasteiger partial charge in [0.2, 0.25) is 17.6 Å². The van der Waals surface area contributed by atoms with Crippen molar-refractivity contribution in [3.8, 4) is 29.1 Å². The highest BCUT2D eigenvalue weighted by Crippen LogP contribution is 2.23. The van der Waals surface area contributed by atoms with E-state index in [1.54, 1.807) is 0 Å². The third kappa shape index (κ3) is 2.78. The molecule has 0 bridgehead atoms. The Morgan fingerprint density at radius 3 is 2.50 bits per heavy atom. The van der Waals surface area contributed by atoms with Gasteiger partial charge < -0.3 is 14.2 Å². The highest BCUT2D eigenvalue weighted by Gasteiger charge is 2.20. The van der Waals surface area contributed by atoms with Crippen molar-refractivity contribution in [3.05, 3.63) is 30.3 Å². The van der Waals surface area contributed by atoms with Crippen LogP contribution in [0.2, 0.25) is 0 Å². The van der Waals surface area contributed by atoms with Gasteiger partial charge in [-0.15, -0.1) is 0 Å². The molecule has 8 heteroatoms. The molecule has 0 atom stereocenters. The molecule has 3 aromatic rings. The number of nitrogens with zero attached hydrogens (tertiary/aromatic N) is 6. The van der Waals surface area contributed by atoms with E-state index in [0.717, 1.165) is 31.5 Å². The van der Waals surface area contributed by atoms with Crippen molar-refractivity contribution >= 4 is 5.95 Å². The van der Waals surface area contributed by atoms with E-state index in [1.165, 1.54) is 7.11 Å². The molecule has 1 aromatic carbocycles. The lowest BCUT2D eigenvalue weighted by molar-refractivity contribution is 0.378. The van der Waals surface area contributed by atoms with Crippen LogP contribution in [0.25, 0.3) is 23.1 Å². The Morgan fingerprint density at radius 1 is 0.958 bits per heavy atom. The largest absolute Gasteiger partial charge is 0.467 e. The maximum Gasteiger partial charge on any atom is 0.321 e. The maximum atomic E-state index is 5.33. The van der Waals surface area contributed by atoms with E-state index in [9.17, 15) is 0 Å².